The van der Waals surface area contributed by atoms with Gasteiger partial charge in [-0.3, -0.25) is 10.1 Å². The second-order valence-electron chi connectivity index (χ2n) is 11.0. The van der Waals surface area contributed by atoms with E-state index in [-0.39, 0.29) is 11.8 Å². The third-order valence-corrected chi connectivity index (χ3v) is 8.15. The molecule has 3 aliphatic rings. The number of hydrogen-bond acceptors (Lipinski definition) is 8. The van der Waals surface area contributed by atoms with Crippen LogP contribution in [0.4, 0.5) is 0 Å². The zero-order valence-corrected chi connectivity index (χ0v) is 23.4. The first-order valence-corrected chi connectivity index (χ1v) is 13.1. The van der Waals surface area contributed by atoms with E-state index in [9.17, 15) is 5.11 Å². The van der Waals surface area contributed by atoms with E-state index in [0.29, 0.717) is 12.1 Å². The van der Waals surface area contributed by atoms with Gasteiger partial charge in [0.05, 0.1) is 40.9 Å². The highest BCUT2D eigenvalue weighted by atomic mass is 32.2. The first kappa shape index (κ1) is 27.8. The molecule has 0 aromatic heterocycles. The predicted molar refractivity (Wildman–Crippen MR) is 147 cm³/mol. The first-order valence-electron chi connectivity index (χ1n) is 11.4. The van der Waals surface area contributed by atoms with Crippen LogP contribution in [-0.2, 0) is 26.8 Å². The average molecular weight is 505 g/mol. The fourth-order valence-electron chi connectivity index (χ4n) is 3.73. The van der Waals surface area contributed by atoms with Crippen LogP contribution in [0.15, 0.2) is 38.6 Å². The summed E-state index contributed by atoms with van der Waals surface area (Å²) in [4.78, 5) is 0. The van der Waals surface area contributed by atoms with Gasteiger partial charge < -0.3 is 19.1 Å². The lowest BCUT2D eigenvalue weighted by molar-refractivity contribution is -0.0897. The van der Waals surface area contributed by atoms with E-state index in [1.54, 1.807) is 21.3 Å². The van der Waals surface area contributed by atoms with Crippen molar-refractivity contribution in [3.8, 4) is 0 Å². The van der Waals surface area contributed by atoms with Crippen molar-refractivity contribution in [2.75, 3.05) is 6.26 Å². The molecule has 7 nitrogen and oxygen atoms in total. The van der Waals surface area contributed by atoms with Crippen LogP contribution in [0.2, 0.25) is 0 Å². The smallest absolute Gasteiger partial charge is 0.427 e. The minimum atomic E-state index is -1.02. The maximum absolute atomic E-state index is 10.4. The van der Waals surface area contributed by atoms with Crippen molar-refractivity contribution in [3.63, 3.8) is 0 Å². The predicted octanol–water partition coefficient (Wildman–Crippen LogP) is 2.95. The fraction of sp³-hybridized carbons (Fsp3) is 0.652. The van der Waals surface area contributed by atoms with Gasteiger partial charge in [0.25, 0.3) is 0 Å². The van der Waals surface area contributed by atoms with Gasteiger partial charge in [0.2, 0.25) is 0 Å². The van der Waals surface area contributed by atoms with Crippen molar-refractivity contribution in [2.45, 2.75) is 90.3 Å². The maximum Gasteiger partial charge on any atom is 0.497 e. The summed E-state index contributed by atoms with van der Waals surface area (Å²) >= 11 is 4.81. The Morgan fingerprint density at radius 1 is 1.24 bits per heavy atom. The van der Waals surface area contributed by atoms with E-state index >= 15 is 0 Å². The molecule has 185 valence electrons. The van der Waals surface area contributed by atoms with Crippen molar-refractivity contribution >= 4 is 50.8 Å². The SMILES string of the molecule is CSNC1CC([B]OC(C)(C)C(C)(C)O)=CC2=C1C=C(B1OC(C)(C)C(C)(C)O1)/C(=N/[SH2+])C2=N. The van der Waals surface area contributed by atoms with Crippen LogP contribution in [0.5, 0.6) is 0 Å². The zero-order chi connectivity index (χ0) is 25.7. The molecule has 1 atom stereocenters. The number of aliphatic hydroxyl groups is 1. The van der Waals surface area contributed by atoms with E-state index in [1.165, 1.54) is 11.9 Å². The number of nitrogens with one attached hydrogen (secondary N) is 2. The minimum absolute atomic E-state index is 0.0517. The molecule has 1 heterocycles. The Balaban J connectivity index is 1.99. The Bertz CT molecular complexity index is 965. The van der Waals surface area contributed by atoms with Gasteiger partial charge in [0.1, 0.15) is 5.71 Å². The Labute approximate surface area is 214 Å². The third kappa shape index (κ3) is 5.16. The molecule has 3 rings (SSSR count). The molecule has 1 radical (unpaired) electrons. The van der Waals surface area contributed by atoms with Gasteiger partial charge in [0, 0.05) is 17.1 Å². The highest BCUT2D eigenvalue weighted by Crippen LogP contribution is 2.41. The summed E-state index contributed by atoms with van der Waals surface area (Å²) in [5, 5.41) is 19.4. The van der Waals surface area contributed by atoms with Crippen molar-refractivity contribution in [1.29, 1.82) is 5.41 Å². The maximum atomic E-state index is 10.4. The van der Waals surface area contributed by atoms with Crippen LogP contribution < -0.4 is 4.72 Å². The first-order chi connectivity index (χ1) is 15.5. The molecule has 0 saturated carbocycles. The van der Waals surface area contributed by atoms with Crippen LogP contribution in [0.3, 0.4) is 0 Å². The second-order valence-corrected chi connectivity index (χ2v) is 11.9. The number of nitrogens with zero attached hydrogens (tertiary/aromatic N) is 1. The summed E-state index contributed by atoms with van der Waals surface area (Å²) in [5.74, 6) is 0. The molecule has 2 aliphatic carbocycles. The monoisotopic (exact) mass is 505 g/mol. The van der Waals surface area contributed by atoms with Gasteiger partial charge in [-0.1, -0.05) is 34.0 Å². The Hall–Kier alpha value is -0.810. The topological polar surface area (TPSA) is 96.2 Å². The van der Waals surface area contributed by atoms with Gasteiger partial charge in [0.15, 0.2) is 0 Å². The van der Waals surface area contributed by atoms with Gasteiger partial charge >= 0.3 is 14.6 Å². The van der Waals surface area contributed by atoms with Crippen LogP contribution in [0.25, 0.3) is 0 Å². The van der Waals surface area contributed by atoms with E-state index in [1.807, 2.05) is 60.0 Å². The van der Waals surface area contributed by atoms with Crippen LogP contribution in [0, 0.1) is 5.41 Å². The van der Waals surface area contributed by atoms with Crippen molar-refractivity contribution in [3.05, 3.63) is 34.2 Å². The summed E-state index contributed by atoms with van der Waals surface area (Å²) < 4.78 is 26.3. The van der Waals surface area contributed by atoms with Crippen LogP contribution >= 0.6 is 11.9 Å². The minimum Gasteiger partial charge on any atom is -0.427 e. The second kappa shape index (κ2) is 9.57. The summed E-state index contributed by atoms with van der Waals surface area (Å²) in [6, 6.07) is -0.0517. The highest BCUT2D eigenvalue weighted by molar-refractivity contribution is 7.96. The summed E-state index contributed by atoms with van der Waals surface area (Å²) in [6.07, 6.45) is 6.65. The van der Waals surface area contributed by atoms with Crippen LogP contribution in [0.1, 0.15) is 61.8 Å². The van der Waals surface area contributed by atoms with Gasteiger partial charge in [-0.2, -0.15) is 0 Å². The Kier molecular flexibility index (Phi) is 7.82. The third-order valence-electron chi connectivity index (χ3n) is 7.40. The molecule has 3 N–H and O–H groups in total. The lowest BCUT2D eigenvalue weighted by atomic mass is 9.65. The average Bonchev–Trinajstić information content (AvgIpc) is 2.93. The number of rotatable bonds is 7. The molecular weight excluding hydrogens is 468 g/mol. The largest absolute Gasteiger partial charge is 0.497 e. The van der Waals surface area contributed by atoms with Gasteiger partial charge in [-0.25, -0.2) is 0 Å². The standard InChI is InChI=1S/C23H36B2N3O4S2/c1-20(2,29)21(3,4)30-24-13-10-15-14(17(11-13)28-34-9)12-16(19(27-33)18(15)26)25-31-22(5,6)23(7,8)32-25/h10,12,17,26,28-29,33H,11H2,1-9H3/p+1/b26-18?,27-19-. The molecule has 11 heteroatoms. The lowest BCUT2D eigenvalue weighted by Gasteiger charge is -2.38. The normalized spacial score (nSPS) is 26.0. The van der Waals surface area contributed by atoms with Crippen molar-refractivity contribution < 1.29 is 19.1 Å². The Morgan fingerprint density at radius 2 is 1.82 bits per heavy atom. The summed E-state index contributed by atoms with van der Waals surface area (Å²) in [7, 11) is 1.07. The van der Waals surface area contributed by atoms with E-state index in [4.69, 9.17) is 19.4 Å². The van der Waals surface area contributed by atoms with E-state index in [0.717, 1.165) is 22.1 Å². The zero-order valence-electron chi connectivity index (χ0n) is 21.6. The van der Waals surface area contributed by atoms with Gasteiger partial charge in [-0.05, 0) is 73.6 Å². The Morgan fingerprint density at radius 3 is 2.32 bits per heavy atom. The van der Waals surface area contributed by atoms with E-state index < -0.39 is 29.5 Å². The number of hydrogen-bond donors (Lipinski definition) is 3. The number of allylic oxidation sites excluding steroid dienone is 3. The molecule has 1 saturated heterocycles. The molecule has 0 aromatic rings. The highest BCUT2D eigenvalue weighted by Gasteiger charge is 2.54. The quantitative estimate of drug-likeness (QED) is 0.213. The summed E-state index contributed by atoms with van der Waals surface area (Å²) in [5.41, 5.74) is 1.38. The molecule has 1 aliphatic heterocycles. The molecule has 0 bridgehead atoms. The van der Waals surface area contributed by atoms with Crippen molar-refractivity contribution in [2.24, 2.45) is 4.40 Å². The van der Waals surface area contributed by atoms with Crippen LogP contribution in [-0.4, -0.2) is 65.8 Å². The molecular formula is C23H37B2N3O4S2+. The van der Waals surface area contributed by atoms with Gasteiger partial charge in [-0.15, -0.1) is 0 Å². The lowest BCUT2D eigenvalue weighted by Crippen LogP contribution is -2.48. The fourth-order valence-corrected chi connectivity index (χ4v) is 4.47. The summed E-state index contributed by atoms with van der Waals surface area (Å²) in [6.45, 7) is 15.2. The van der Waals surface area contributed by atoms with Crippen molar-refractivity contribution in [1.82, 2.24) is 4.72 Å². The van der Waals surface area contributed by atoms with E-state index in [2.05, 4.69) is 21.9 Å². The molecule has 0 aromatic carbocycles. The molecule has 1 fully saturated rings. The molecule has 0 amide bonds. The molecule has 34 heavy (non-hydrogen) atoms. The molecule has 1 unspecified atom stereocenters. The molecule has 0 spiro atoms.